The molecule has 0 aliphatic carbocycles. The predicted molar refractivity (Wildman–Crippen MR) is 111 cm³/mol. The van der Waals surface area contributed by atoms with Crippen LogP contribution >= 0.6 is 0 Å². The highest BCUT2D eigenvalue weighted by molar-refractivity contribution is 5.57. The van der Waals surface area contributed by atoms with Gasteiger partial charge in [0.25, 0.3) is 0 Å². The van der Waals surface area contributed by atoms with E-state index in [-0.39, 0.29) is 6.10 Å². The molecule has 0 bridgehead atoms. The predicted octanol–water partition coefficient (Wildman–Crippen LogP) is 3.45. The minimum absolute atomic E-state index is 0.154. The Morgan fingerprint density at radius 2 is 2.00 bits per heavy atom. The van der Waals surface area contributed by atoms with Crippen molar-refractivity contribution in [3.8, 4) is 11.4 Å². The second-order valence-electron chi connectivity index (χ2n) is 7.99. The van der Waals surface area contributed by atoms with E-state index < -0.39 is 11.6 Å². The van der Waals surface area contributed by atoms with Gasteiger partial charge in [0.1, 0.15) is 18.2 Å². The van der Waals surface area contributed by atoms with Crippen molar-refractivity contribution in [2.24, 2.45) is 0 Å². The Labute approximate surface area is 178 Å². The second kappa shape index (κ2) is 8.24. The van der Waals surface area contributed by atoms with Crippen LogP contribution in [0.1, 0.15) is 12.0 Å². The number of aromatic nitrogens is 3. The molecule has 0 radical (unpaired) electrons. The van der Waals surface area contributed by atoms with Crippen molar-refractivity contribution in [2.75, 3.05) is 31.6 Å². The van der Waals surface area contributed by atoms with Crippen molar-refractivity contribution in [2.45, 2.75) is 25.5 Å². The standard InChI is InChI=1S/C22H23F2N5O2/c1-14-6-15(8-19(7-14)31-18-4-5-28(10-18)17-11-30-12-17)26-22-25-13-29(27-22)16-2-3-20(23)21(24)9-16/h2-3,6-9,13,17-18H,4-5,10-12H2,1H3,(H,26,27)/t18-/m1/s1. The van der Waals surface area contributed by atoms with Crippen LogP contribution < -0.4 is 10.1 Å². The number of nitrogens with zero attached hydrogens (tertiary/aromatic N) is 4. The van der Waals surface area contributed by atoms with Gasteiger partial charge in [-0.25, -0.2) is 13.5 Å². The molecule has 3 aromatic rings. The van der Waals surface area contributed by atoms with Gasteiger partial charge in [-0.2, -0.15) is 4.98 Å². The molecule has 0 spiro atoms. The summed E-state index contributed by atoms with van der Waals surface area (Å²) in [7, 11) is 0. The maximum Gasteiger partial charge on any atom is 0.246 e. The summed E-state index contributed by atoms with van der Waals surface area (Å²) in [5.74, 6) is -0.697. The molecule has 9 heteroatoms. The number of hydrogen-bond donors (Lipinski definition) is 1. The Kier molecular flexibility index (Phi) is 5.29. The van der Waals surface area contributed by atoms with Gasteiger partial charge in [0.05, 0.1) is 24.9 Å². The number of ether oxygens (including phenoxy) is 2. The van der Waals surface area contributed by atoms with E-state index in [1.165, 1.54) is 17.1 Å². The third-order valence-electron chi connectivity index (χ3n) is 5.58. The Hall–Kier alpha value is -3.04. The first-order valence-corrected chi connectivity index (χ1v) is 10.3. The number of benzene rings is 2. The molecular weight excluding hydrogens is 404 g/mol. The molecule has 162 valence electrons. The first-order chi connectivity index (χ1) is 15.0. The normalized spacial score (nSPS) is 19.4. The van der Waals surface area contributed by atoms with Crippen LogP contribution in [-0.2, 0) is 4.74 Å². The van der Waals surface area contributed by atoms with Crippen LogP contribution in [0, 0.1) is 18.6 Å². The Morgan fingerprint density at radius 3 is 2.77 bits per heavy atom. The molecule has 7 nitrogen and oxygen atoms in total. The summed E-state index contributed by atoms with van der Waals surface area (Å²) in [6, 6.07) is 10.00. The molecule has 3 heterocycles. The summed E-state index contributed by atoms with van der Waals surface area (Å²) in [6.07, 6.45) is 2.59. The Morgan fingerprint density at radius 1 is 1.13 bits per heavy atom. The average Bonchev–Trinajstić information content (AvgIpc) is 3.32. The van der Waals surface area contributed by atoms with Crippen LogP contribution in [-0.4, -0.2) is 58.1 Å². The van der Waals surface area contributed by atoms with Gasteiger partial charge in [-0.05, 0) is 43.2 Å². The second-order valence-corrected chi connectivity index (χ2v) is 7.99. The number of likely N-dealkylation sites (tertiary alicyclic amines) is 1. The van der Waals surface area contributed by atoms with E-state index in [9.17, 15) is 8.78 Å². The molecule has 0 amide bonds. The fourth-order valence-electron chi connectivity index (χ4n) is 3.90. The monoisotopic (exact) mass is 427 g/mol. The number of hydrogen-bond acceptors (Lipinski definition) is 6. The van der Waals surface area contributed by atoms with Crippen LogP contribution in [0.3, 0.4) is 0 Å². The molecule has 2 saturated heterocycles. The maximum absolute atomic E-state index is 13.5. The molecular formula is C22H23F2N5O2. The van der Waals surface area contributed by atoms with E-state index in [1.54, 1.807) is 0 Å². The first-order valence-electron chi connectivity index (χ1n) is 10.3. The molecule has 2 aliphatic rings. The molecule has 5 rings (SSSR count). The van der Waals surface area contributed by atoms with Gasteiger partial charge in [0.15, 0.2) is 11.6 Å². The lowest BCUT2D eigenvalue weighted by Gasteiger charge is -2.34. The van der Waals surface area contributed by atoms with Crippen molar-refractivity contribution in [3.63, 3.8) is 0 Å². The molecule has 1 atom stereocenters. The van der Waals surface area contributed by atoms with E-state index in [1.807, 2.05) is 25.1 Å². The summed E-state index contributed by atoms with van der Waals surface area (Å²) >= 11 is 0. The highest BCUT2D eigenvalue weighted by Crippen LogP contribution is 2.27. The third-order valence-corrected chi connectivity index (χ3v) is 5.58. The number of nitrogens with one attached hydrogen (secondary N) is 1. The van der Waals surface area contributed by atoms with Gasteiger partial charge in [0, 0.05) is 30.9 Å². The Bertz CT molecular complexity index is 1090. The quantitative estimate of drug-likeness (QED) is 0.650. The lowest BCUT2D eigenvalue weighted by atomic mass is 10.2. The van der Waals surface area contributed by atoms with Gasteiger partial charge in [-0.3, -0.25) is 4.90 Å². The smallest absolute Gasteiger partial charge is 0.246 e. The molecule has 2 fully saturated rings. The third kappa shape index (κ3) is 4.38. The minimum atomic E-state index is -0.932. The summed E-state index contributed by atoms with van der Waals surface area (Å²) in [5, 5.41) is 7.45. The number of anilines is 2. The van der Waals surface area contributed by atoms with Crippen molar-refractivity contribution in [3.05, 3.63) is 59.9 Å². The van der Waals surface area contributed by atoms with Gasteiger partial charge in [-0.15, -0.1) is 5.10 Å². The van der Waals surface area contributed by atoms with Crippen LogP contribution in [0.15, 0.2) is 42.7 Å². The maximum atomic E-state index is 13.5. The topological polar surface area (TPSA) is 64.4 Å². The fourth-order valence-corrected chi connectivity index (χ4v) is 3.90. The molecule has 1 aromatic heterocycles. The van der Waals surface area contributed by atoms with Gasteiger partial charge in [-0.1, -0.05) is 0 Å². The zero-order valence-corrected chi connectivity index (χ0v) is 17.1. The highest BCUT2D eigenvalue weighted by Gasteiger charge is 2.33. The largest absolute Gasteiger partial charge is 0.489 e. The van der Waals surface area contributed by atoms with E-state index in [0.717, 1.165) is 61.9 Å². The van der Waals surface area contributed by atoms with Gasteiger partial charge >= 0.3 is 0 Å². The summed E-state index contributed by atoms with van der Waals surface area (Å²) in [6.45, 7) is 5.56. The number of rotatable bonds is 6. The molecule has 0 saturated carbocycles. The van der Waals surface area contributed by atoms with E-state index in [2.05, 4.69) is 20.3 Å². The van der Waals surface area contributed by atoms with E-state index in [0.29, 0.717) is 17.7 Å². The summed E-state index contributed by atoms with van der Waals surface area (Å²) < 4.78 is 39.6. The van der Waals surface area contributed by atoms with Crippen molar-refractivity contribution >= 4 is 11.6 Å². The lowest BCUT2D eigenvalue weighted by Crippen LogP contribution is -2.48. The van der Waals surface area contributed by atoms with Crippen LogP contribution in [0.4, 0.5) is 20.4 Å². The number of halogens is 2. The van der Waals surface area contributed by atoms with Crippen molar-refractivity contribution in [1.29, 1.82) is 0 Å². The Balaban J connectivity index is 1.26. The van der Waals surface area contributed by atoms with Crippen LogP contribution in [0.25, 0.3) is 5.69 Å². The zero-order valence-electron chi connectivity index (χ0n) is 17.1. The van der Waals surface area contributed by atoms with Crippen LogP contribution in [0.2, 0.25) is 0 Å². The van der Waals surface area contributed by atoms with Gasteiger partial charge < -0.3 is 14.8 Å². The molecule has 0 unspecified atom stereocenters. The molecule has 2 aliphatic heterocycles. The number of aryl methyl sites for hydroxylation is 1. The molecule has 2 aromatic carbocycles. The zero-order chi connectivity index (χ0) is 21.4. The van der Waals surface area contributed by atoms with Crippen molar-refractivity contribution in [1.82, 2.24) is 19.7 Å². The fraction of sp³-hybridized carbons (Fsp3) is 0.364. The highest BCUT2D eigenvalue weighted by atomic mass is 19.2. The lowest BCUT2D eigenvalue weighted by molar-refractivity contribution is -0.0592. The first kappa shape index (κ1) is 19.9. The van der Waals surface area contributed by atoms with Crippen LogP contribution in [0.5, 0.6) is 5.75 Å². The summed E-state index contributed by atoms with van der Waals surface area (Å²) in [4.78, 5) is 6.64. The van der Waals surface area contributed by atoms with Gasteiger partial charge in [0.2, 0.25) is 5.95 Å². The van der Waals surface area contributed by atoms with E-state index >= 15 is 0 Å². The molecule has 31 heavy (non-hydrogen) atoms. The minimum Gasteiger partial charge on any atom is -0.489 e. The average molecular weight is 427 g/mol. The molecule has 1 N–H and O–H groups in total. The van der Waals surface area contributed by atoms with E-state index in [4.69, 9.17) is 9.47 Å². The van der Waals surface area contributed by atoms with Crippen molar-refractivity contribution < 1.29 is 18.3 Å². The summed E-state index contributed by atoms with van der Waals surface area (Å²) in [5.41, 5.74) is 2.22. The SMILES string of the molecule is Cc1cc(Nc2ncn(-c3ccc(F)c(F)c3)n2)cc(O[C@@H]2CCN(C3COC3)C2)c1.